The van der Waals surface area contributed by atoms with E-state index in [0.717, 1.165) is 4.90 Å². The maximum atomic E-state index is 12.5. The number of amides is 3. The Hall–Kier alpha value is -3.34. The van der Waals surface area contributed by atoms with Crippen LogP contribution in [0.4, 0.5) is 10.5 Å². The molecule has 0 unspecified atom stereocenters. The molecule has 0 aliphatic carbocycles. The number of anilines is 1. The summed E-state index contributed by atoms with van der Waals surface area (Å²) in [7, 11) is 0. The van der Waals surface area contributed by atoms with E-state index >= 15 is 0 Å². The van der Waals surface area contributed by atoms with Crippen LogP contribution in [0.5, 0.6) is 0 Å². The van der Waals surface area contributed by atoms with Crippen LogP contribution in [-0.4, -0.2) is 47.0 Å². The molecular formula is C17H18N4O4. The Labute approximate surface area is 144 Å². The number of urea groups is 1. The summed E-state index contributed by atoms with van der Waals surface area (Å²) in [5.41, 5.74) is 1.16. The minimum atomic E-state index is -1.02. The van der Waals surface area contributed by atoms with Crippen molar-refractivity contribution in [1.82, 2.24) is 10.2 Å². The Morgan fingerprint density at radius 1 is 1.44 bits per heavy atom. The van der Waals surface area contributed by atoms with E-state index in [1.807, 2.05) is 6.07 Å². The minimum Gasteiger partial charge on any atom is -0.481 e. The van der Waals surface area contributed by atoms with Crippen LogP contribution < -0.4 is 10.2 Å². The molecule has 0 bridgehead atoms. The third-order valence-electron chi connectivity index (χ3n) is 3.86. The molecule has 1 aliphatic heterocycles. The zero-order valence-electron chi connectivity index (χ0n) is 13.5. The van der Waals surface area contributed by atoms with Gasteiger partial charge in [-0.25, -0.2) is 4.79 Å². The summed E-state index contributed by atoms with van der Waals surface area (Å²) >= 11 is 0. The van der Waals surface area contributed by atoms with E-state index in [0.29, 0.717) is 24.2 Å². The lowest BCUT2D eigenvalue weighted by Crippen LogP contribution is -2.46. The number of nitrogens with one attached hydrogen (secondary N) is 1. The number of carbonyl (C=O) groups is 3. The van der Waals surface area contributed by atoms with Gasteiger partial charge in [0, 0.05) is 25.0 Å². The Kier molecular flexibility index (Phi) is 5.74. The predicted octanol–water partition coefficient (Wildman–Crippen LogP) is 1.29. The molecule has 2 rings (SSSR count). The first-order valence-electron chi connectivity index (χ1n) is 7.69. The molecule has 1 aliphatic rings. The second kappa shape index (κ2) is 7.97. The number of nitriles is 1. The van der Waals surface area contributed by atoms with Gasteiger partial charge in [0.25, 0.3) is 0 Å². The summed E-state index contributed by atoms with van der Waals surface area (Å²) in [5, 5.41) is 20.1. The van der Waals surface area contributed by atoms with Crippen LogP contribution in [0.15, 0.2) is 37.0 Å². The number of carboxylic acid groups (broad SMARTS) is 1. The molecule has 25 heavy (non-hydrogen) atoms. The van der Waals surface area contributed by atoms with Crippen molar-refractivity contribution in [2.45, 2.75) is 18.9 Å². The lowest BCUT2D eigenvalue weighted by Gasteiger charge is -2.21. The molecule has 0 saturated carbocycles. The highest BCUT2D eigenvalue weighted by atomic mass is 16.4. The average Bonchev–Trinajstić information content (AvgIpc) is 2.96. The lowest BCUT2D eigenvalue weighted by atomic mass is 10.2. The summed E-state index contributed by atoms with van der Waals surface area (Å²) in [5.74, 6) is -1.27. The number of aliphatic carboxylic acids is 1. The van der Waals surface area contributed by atoms with Crippen LogP contribution in [0.1, 0.15) is 18.4 Å². The maximum absolute atomic E-state index is 12.5. The van der Waals surface area contributed by atoms with Crippen molar-refractivity contribution < 1.29 is 19.5 Å². The van der Waals surface area contributed by atoms with Gasteiger partial charge in [-0.05, 0) is 30.7 Å². The first-order chi connectivity index (χ1) is 12.0. The maximum Gasteiger partial charge on any atom is 0.322 e. The standard InChI is InChI=1S/C17H18N4O4/c1-2-20(9-8-15(22)23)17(25)19-14-7-10-21(16(14)24)13-5-3-12(11-18)4-6-13/h2-6,14H,1,7-10H2,(H,19,25)(H,22,23)/t14-/m0/s1. The van der Waals surface area contributed by atoms with Crippen molar-refractivity contribution >= 4 is 23.6 Å². The highest BCUT2D eigenvalue weighted by molar-refractivity contribution is 6.01. The van der Waals surface area contributed by atoms with Crippen molar-refractivity contribution in [3.05, 3.63) is 42.6 Å². The van der Waals surface area contributed by atoms with Gasteiger partial charge in [0.1, 0.15) is 6.04 Å². The zero-order chi connectivity index (χ0) is 18.4. The molecule has 0 aromatic heterocycles. The fourth-order valence-electron chi connectivity index (χ4n) is 2.51. The third kappa shape index (κ3) is 4.35. The molecular weight excluding hydrogens is 324 g/mol. The van der Waals surface area contributed by atoms with Gasteiger partial charge in [0.2, 0.25) is 5.91 Å². The molecule has 0 spiro atoms. The van der Waals surface area contributed by atoms with Crippen molar-refractivity contribution in [2.75, 3.05) is 18.0 Å². The smallest absolute Gasteiger partial charge is 0.322 e. The number of carbonyl (C=O) groups excluding carboxylic acids is 2. The van der Waals surface area contributed by atoms with E-state index in [1.54, 1.807) is 29.2 Å². The fraction of sp³-hybridized carbons (Fsp3) is 0.294. The number of hydrogen-bond donors (Lipinski definition) is 2. The summed E-state index contributed by atoms with van der Waals surface area (Å²) in [4.78, 5) is 37.9. The second-order valence-electron chi connectivity index (χ2n) is 5.46. The number of carboxylic acids is 1. The van der Waals surface area contributed by atoms with Gasteiger partial charge in [0.15, 0.2) is 0 Å². The number of rotatable bonds is 6. The molecule has 130 valence electrons. The molecule has 1 fully saturated rings. The summed E-state index contributed by atoms with van der Waals surface area (Å²) in [6.07, 6.45) is 1.46. The Morgan fingerprint density at radius 3 is 2.68 bits per heavy atom. The number of nitrogens with zero attached hydrogens (tertiary/aromatic N) is 3. The third-order valence-corrected chi connectivity index (χ3v) is 3.86. The van der Waals surface area contributed by atoms with Gasteiger partial charge >= 0.3 is 12.0 Å². The number of hydrogen-bond acceptors (Lipinski definition) is 4. The van der Waals surface area contributed by atoms with Crippen LogP contribution >= 0.6 is 0 Å². The summed E-state index contributed by atoms with van der Waals surface area (Å²) in [6.45, 7) is 3.90. The monoisotopic (exact) mass is 342 g/mol. The fourth-order valence-corrected chi connectivity index (χ4v) is 2.51. The quantitative estimate of drug-likeness (QED) is 0.809. The normalized spacial score (nSPS) is 16.2. The summed E-state index contributed by atoms with van der Waals surface area (Å²) in [6, 6.07) is 7.39. The lowest BCUT2D eigenvalue weighted by molar-refractivity contribution is -0.137. The minimum absolute atomic E-state index is 0.0229. The van der Waals surface area contributed by atoms with Gasteiger partial charge in [-0.2, -0.15) is 5.26 Å². The van der Waals surface area contributed by atoms with Crippen molar-refractivity contribution in [1.29, 1.82) is 5.26 Å². The van der Waals surface area contributed by atoms with E-state index in [4.69, 9.17) is 10.4 Å². The SMILES string of the molecule is C=CN(CCC(=O)O)C(=O)N[C@H]1CCN(c2ccc(C#N)cc2)C1=O. The Bertz CT molecular complexity index is 723. The van der Waals surface area contributed by atoms with Crippen LogP contribution in [0.3, 0.4) is 0 Å². The first-order valence-corrected chi connectivity index (χ1v) is 7.69. The molecule has 2 N–H and O–H groups in total. The largest absolute Gasteiger partial charge is 0.481 e. The highest BCUT2D eigenvalue weighted by Crippen LogP contribution is 2.22. The average molecular weight is 342 g/mol. The predicted molar refractivity (Wildman–Crippen MR) is 89.6 cm³/mol. The van der Waals surface area contributed by atoms with Crippen molar-refractivity contribution in [3.63, 3.8) is 0 Å². The Balaban J connectivity index is 1.98. The molecule has 0 radical (unpaired) electrons. The first kappa shape index (κ1) is 18.0. The topological polar surface area (TPSA) is 114 Å². The van der Waals surface area contributed by atoms with E-state index < -0.39 is 18.0 Å². The van der Waals surface area contributed by atoms with Gasteiger partial charge in [-0.3, -0.25) is 9.59 Å². The van der Waals surface area contributed by atoms with E-state index in [9.17, 15) is 14.4 Å². The van der Waals surface area contributed by atoms with Gasteiger partial charge in [-0.1, -0.05) is 6.58 Å². The number of benzene rings is 1. The molecule has 8 heteroatoms. The molecule has 8 nitrogen and oxygen atoms in total. The second-order valence-corrected chi connectivity index (χ2v) is 5.46. The van der Waals surface area contributed by atoms with Crippen molar-refractivity contribution in [3.8, 4) is 6.07 Å². The highest BCUT2D eigenvalue weighted by Gasteiger charge is 2.34. The Morgan fingerprint density at radius 2 is 2.12 bits per heavy atom. The van der Waals surface area contributed by atoms with Gasteiger partial charge < -0.3 is 20.2 Å². The molecule has 1 heterocycles. The van der Waals surface area contributed by atoms with E-state index in [1.165, 1.54) is 6.20 Å². The molecule has 1 atom stereocenters. The van der Waals surface area contributed by atoms with E-state index in [2.05, 4.69) is 11.9 Å². The molecule has 1 aromatic carbocycles. The zero-order valence-corrected chi connectivity index (χ0v) is 13.5. The van der Waals surface area contributed by atoms with E-state index in [-0.39, 0.29) is 18.9 Å². The van der Waals surface area contributed by atoms with Crippen LogP contribution in [0, 0.1) is 11.3 Å². The van der Waals surface area contributed by atoms with Crippen LogP contribution in [0.2, 0.25) is 0 Å². The molecule has 1 aromatic rings. The van der Waals surface area contributed by atoms with Crippen molar-refractivity contribution in [2.24, 2.45) is 0 Å². The van der Waals surface area contributed by atoms with Gasteiger partial charge in [-0.15, -0.1) is 0 Å². The molecule has 1 saturated heterocycles. The summed E-state index contributed by atoms with van der Waals surface area (Å²) < 4.78 is 0. The molecule has 3 amide bonds. The van der Waals surface area contributed by atoms with Crippen LogP contribution in [0.25, 0.3) is 0 Å². The van der Waals surface area contributed by atoms with Crippen LogP contribution in [-0.2, 0) is 9.59 Å². The van der Waals surface area contributed by atoms with Gasteiger partial charge in [0.05, 0.1) is 18.1 Å².